The van der Waals surface area contributed by atoms with E-state index in [1.807, 2.05) is 39.0 Å². The third kappa shape index (κ3) is 3.22. The Morgan fingerprint density at radius 1 is 1.19 bits per heavy atom. The van der Waals surface area contributed by atoms with Crippen LogP contribution in [0.2, 0.25) is 0 Å². The van der Waals surface area contributed by atoms with Gasteiger partial charge in [0, 0.05) is 7.05 Å². The van der Waals surface area contributed by atoms with Gasteiger partial charge in [-0.3, -0.25) is 9.59 Å². The third-order valence-electron chi connectivity index (χ3n) is 4.31. The molecule has 1 aliphatic rings. The van der Waals surface area contributed by atoms with Crippen molar-refractivity contribution < 1.29 is 9.59 Å². The van der Waals surface area contributed by atoms with Gasteiger partial charge in [0.2, 0.25) is 5.91 Å². The van der Waals surface area contributed by atoms with E-state index in [0.717, 1.165) is 0 Å². The van der Waals surface area contributed by atoms with Crippen LogP contribution < -0.4 is 10.3 Å². The van der Waals surface area contributed by atoms with E-state index in [-0.39, 0.29) is 23.8 Å². The van der Waals surface area contributed by atoms with Crippen molar-refractivity contribution in [1.82, 2.24) is 20.1 Å². The molecular formula is C18H22N6O2. The molecule has 1 aromatic heterocycles. The second-order valence-electron chi connectivity index (χ2n) is 6.63. The fourth-order valence-electron chi connectivity index (χ4n) is 2.97. The van der Waals surface area contributed by atoms with Crippen LogP contribution in [0.25, 0.3) is 0 Å². The SMILES string of the molecule is CC(C)C1=NN(c2ccccc2)C(=O)[C@@H]1C(=O)N[C@H](C)c1nncn1C. The van der Waals surface area contributed by atoms with E-state index in [2.05, 4.69) is 20.6 Å². The van der Waals surface area contributed by atoms with Crippen molar-refractivity contribution in [2.24, 2.45) is 24.0 Å². The molecule has 0 saturated heterocycles. The summed E-state index contributed by atoms with van der Waals surface area (Å²) >= 11 is 0. The summed E-state index contributed by atoms with van der Waals surface area (Å²) in [5.74, 6) is -1.08. The number of para-hydroxylation sites is 1. The minimum atomic E-state index is -0.939. The smallest absolute Gasteiger partial charge is 0.265 e. The quantitative estimate of drug-likeness (QED) is 0.827. The Kier molecular flexibility index (Phi) is 4.83. The molecule has 0 radical (unpaired) electrons. The maximum absolute atomic E-state index is 12.9. The van der Waals surface area contributed by atoms with Gasteiger partial charge >= 0.3 is 0 Å². The molecule has 1 aliphatic heterocycles. The van der Waals surface area contributed by atoms with Crippen LogP contribution in [0.3, 0.4) is 0 Å². The molecule has 1 N–H and O–H groups in total. The van der Waals surface area contributed by atoms with Crippen LogP contribution in [0.1, 0.15) is 32.6 Å². The predicted molar refractivity (Wildman–Crippen MR) is 97.3 cm³/mol. The number of nitrogens with zero attached hydrogens (tertiary/aromatic N) is 5. The first-order valence-electron chi connectivity index (χ1n) is 8.51. The standard InChI is InChI=1S/C18H22N6O2/c1-11(2)15-14(17(25)20-12(3)16-21-19-10-23(16)4)18(26)24(22-15)13-8-6-5-7-9-13/h5-12,14H,1-4H3,(H,20,25)/t12-,14+/m1/s1. The van der Waals surface area contributed by atoms with Gasteiger partial charge in [-0.2, -0.15) is 10.1 Å². The Bertz CT molecular complexity index is 842. The van der Waals surface area contributed by atoms with Crippen molar-refractivity contribution in [3.63, 3.8) is 0 Å². The van der Waals surface area contributed by atoms with Crippen LogP contribution in [0.15, 0.2) is 41.8 Å². The van der Waals surface area contributed by atoms with Crippen LogP contribution in [-0.4, -0.2) is 32.3 Å². The number of rotatable bonds is 5. The van der Waals surface area contributed by atoms with Gasteiger partial charge in [0.25, 0.3) is 5.91 Å². The third-order valence-corrected chi connectivity index (χ3v) is 4.31. The lowest BCUT2D eigenvalue weighted by Gasteiger charge is -2.18. The molecule has 0 spiro atoms. The molecule has 136 valence electrons. The number of amides is 2. The van der Waals surface area contributed by atoms with E-state index < -0.39 is 5.92 Å². The lowest BCUT2D eigenvalue weighted by molar-refractivity contribution is -0.130. The molecule has 2 amide bonds. The van der Waals surface area contributed by atoms with Crippen molar-refractivity contribution in [3.8, 4) is 0 Å². The highest BCUT2D eigenvalue weighted by molar-refractivity contribution is 6.27. The van der Waals surface area contributed by atoms with Gasteiger partial charge in [-0.25, -0.2) is 0 Å². The minimum Gasteiger partial charge on any atom is -0.345 e. The summed E-state index contributed by atoms with van der Waals surface area (Å²) < 4.78 is 1.73. The number of hydrazone groups is 1. The molecule has 0 aliphatic carbocycles. The summed E-state index contributed by atoms with van der Waals surface area (Å²) in [5.41, 5.74) is 1.20. The number of carbonyl (C=O) groups is 2. The largest absolute Gasteiger partial charge is 0.345 e. The molecule has 8 heteroatoms. The number of aromatic nitrogens is 3. The first-order chi connectivity index (χ1) is 12.4. The van der Waals surface area contributed by atoms with Gasteiger partial charge in [0.05, 0.1) is 17.4 Å². The molecule has 0 fully saturated rings. The van der Waals surface area contributed by atoms with Gasteiger partial charge in [0.1, 0.15) is 6.33 Å². The summed E-state index contributed by atoms with van der Waals surface area (Å²) in [6.45, 7) is 5.66. The van der Waals surface area contributed by atoms with E-state index in [4.69, 9.17) is 0 Å². The molecule has 0 bridgehead atoms. The molecule has 0 saturated carbocycles. The average Bonchev–Trinajstić information content (AvgIpc) is 3.19. The number of benzene rings is 1. The van der Waals surface area contributed by atoms with Crippen molar-refractivity contribution in [3.05, 3.63) is 42.5 Å². The Morgan fingerprint density at radius 2 is 1.88 bits per heavy atom. The summed E-state index contributed by atoms with van der Waals surface area (Å²) in [4.78, 5) is 25.8. The van der Waals surface area contributed by atoms with Crippen LogP contribution in [-0.2, 0) is 16.6 Å². The van der Waals surface area contributed by atoms with E-state index in [9.17, 15) is 9.59 Å². The summed E-state index contributed by atoms with van der Waals surface area (Å²) in [7, 11) is 1.80. The summed E-state index contributed by atoms with van der Waals surface area (Å²) in [6.07, 6.45) is 1.57. The second-order valence-corrected chi connectivity index (χ2v) is 6.63. The number of nitrogens with one attached hydrogen (secondary N) is 1. The molecule has 2 atom stereocenters. The van der Waals surface area contributed by atoms with Crippen LogP contribution >= 0.6 is 0 Å². The van der Waals surface area contributed by atoms with E-state index in [0.29, 0.717) is 17.2 Å². The lowest BCUT2D eigenvalue weighted by Crippen LogP contribution is -2.42. The van der Waals surface area contributed by atoms with Crippen molar-refractivity contribution in [2.75, 3.05) is 5.01 Å². The number of anilines is 1. The van der Waals surface area contributed by atoms with Gasteiger partial charge in [-0.15, -0.1) is 10.2 Å². The first-order valence-corrected chi connectivity index (χ1v) is 8.51. The van der Waals surface area contributed by atoms with Crippen LogP contribution in [0.5, 0.6) is 0 Å². The highest BCUT2D eigenvalue weighted by Gasteiger charge is 2.43. The molecule has 1 aromatic carbocycles. The van der Waals surface area contributed by atoms with Gasteiger partial charge in [-0.1, -0.05) is 32.0 Å². The molecule has 8 nitrogen and oxygen atoms in total. The highest BCUT2D eigenvalue weighted by atomic mass is 16.2. The fraction of sp³-hybridized carbons (Fsp3) is 0.389. The maximum atomic E-state index is 12.9. The molecule has 26 heavy (non-hydrogen) atoms. The highest BCUT2D eigenvalue weighted by Crippen LogP contribution is 2.27. The number of carbonyl (C=O) groups excluding carboxylic acids is 2. The van der Waals surface area contributed by atoms with E-state index >= 15 is 0 Å². The van der Waals surface area contributed by atoms with Crippen LogP contribution in [0.4, 0.5) is 5.69 Å². The van der Waals surface area contributed by atoms with Gasteiger partial charge in [0.15, 0.2) is 11.7 Å². The topological polar surface area (TPSA) is 92.5 Å². The zero-order valence-corrected chi connectivity index (χ0v) is 15.2. The Balaban J connectivity index is 1.84. The number of hydrogen-bond acceptors (Lipinski definition) is 5. The Hall–Kier alpha value is -3.03. The normalized spacial score (nSPS) is 18.2. The summed E-state index contributed by atoms with van der Waals surface area (Å²) in [5, 5.41) is 16.4. The molecule has 0 unspecified atom stereocenters. The van der Waals surface area contributed by atoms with E-state index in [1.54, 1.807) is 30.1 Å². The van der Waals surface area contributed by atoms with Gasteiger partial charge < -0.3 is 9.88 Å². The summed E-state index contributed by atoms with van der Waals surface area (Å²) in [6, 6.07) is 8.74. The molecule has 2 heterocycles. The second kappa shape index (κ2) is 7.07. The average molecular weight is 354 g/mol. The zero-order valence-electron chi connectivity index (χ0n) is 15.2. The molecule has 3 rings (SSSR count). The Labute approximate surface area is 151 Å². The maximum Gasteiger partial charge on any atom is 0.265 e. The molecule has 2 aromatic rings. The van der Waals surface area contributed by atoms with Gasteiger partial charge in [-0.05, 0) is 25.0 Å². The van der Waals surface area contributed by atoms with Crippen molar-refractivity contribution in [2.45, 2.75) is 26.8 Å². The van der Waals surface area contributed by atoms with Crippen LogP contribution in [0, 0.1) is 11.8 Å². The van der Waals surface area contributed by atoms with Crippen molar-refractivity contribution in [1.29, 1.82) is 0 Å². The van der Waals surface area contributed by atoms with E-state index in [1.165, 1.54) is 5.01 Å². The molecular weight excluding hydrogens is 332 g/mol. The zero-order chi connectivity index (χ0) is 18.8. The monoisotopic (exact) mass is 354 g/mol. The minimum absolute atomic E-state index is 0.0338. The number of hydrogen-bond donors (Lipinski definition) is 1. The lowest BCUT2D eigenvalue weighted by atomic mass is 9.93. The number of aryl methyl sites for hydroxylation is 1. The Morgan fingerprint density at radius 3 is 2.46 bits per heavy atom. The first kappa shape index (κ1) is 17.8. The fourth-order valence-corrected chi connectivity index (χ4v) is 2.97. The van der Waals surface area contributed by atoms with Crippen molar-refractivity contribution >= 4 is 23.2 Å². The predicted octanol–water partition coefficient (Wildman–Crippen LogP) is 1.67.